The number of hydrogen-bond donors (Lipinski definition) is 1. The molecule has 3 aromatic rings. The van der Waals surface area contributed by atoms with E-state index in [-0.39, 0.29) is 6.04 Å². The van der Waals surface area contributed by atoms with Crippen molar-refractivity contribution in [3.05, 3.63) is 65.5 Å². The molecule has 1 aromatic heterocycles. The monoisotopic (exact) mass is 363 g/mol. The number of aromatic nitrogens is 2. The number of nitrogens with two attached hydrogens (primary N) is 1. The van der Waals surface area contributed by atoms with Crippen LogP contribution < -0.4 is 10.6 Å². The quantitative estimate of drug-likeness (QED) is 0.714. The van der Waals surface area contributed by atoms with Crippen molar-refractivity contribution in [1.82, 2.24) is 9.55 Å². The van der Waals surface area contributed by atoms with E-state index >= 15 is 0 Å². The summed E-state index contributed by atoms with van der Waals surface area (Å²) in [6.07, 6.45) is -0.545. The minimum absolute atomic E-state index is 0.0199. The van der Waals surface area contributed by atoms with Crippen LogP contribution in [0.1, 0.15) is 24.9 Å². The standard InChI is InChI=1S/C21H22FN5/c1-14(15-7-9-16(24-2)10-8-15)27-20-6-4-3-5-19(20)25-21(27)26-12-11-17(22)18(23)13-26/h3-10,14,17-18H,11-13,23H2,1H3/t14-,17-,18-/m1/s1. The molecule has 138 valence electrons. The number of para-hydroxylation sites is 2. The molecule has 2 N–H and O–H groups in total. The maximum Gasteiger partial charge on any atom is 0.207 e. The molecule has 0 amide bonds. The lowest BCUT2D eigenvalue weighted by Crippen LogP contribution is -2.50. The Kier molecular flexibility index (Phi) is 4.54. The fraction of sp³-hybridized carbons (Fsp3) is 0.333. The van der Waals surface area contributed by atoms with Crippen molar-refractivity contribution in [3.8, 4) is 0 Å². The fourth-order valence-corrected chi connectivity index (χ4v) is 3.75. The zero-order chi connectivity index (χ0) is 19.0. The first kappa shape index (κ1) is 17.5. The van der Waals surface area contributed by atoms with Crippen LogP contribution in [0.4, 0.5) is 16.0 Å². The van der Waals surface area contributed by atoms with Gasteiger partial charge in [0, 0.05) is 13.1 Å². The van der Waals surface area contributed by atoms with Crippen LogP contribution in [0.25, 0.3) is 15.9 Å². The molecule has 1 aliphatic rings. The predicted octanol–water partition coefficient (Wildman–Crippen LogP) is 4.07. The Morgan fingerprint density at radius 3 is 2.67 bits per heavy atom. The third-order valence-electron chi connectivity index (χ3n) is 5.32. The van der Waals surface area contributed by atoms with Crippen LogP contribution in [0.15, 0.2) is 48.5 Å². The van der Waals surface area contributed by atoms with Crippen molar-refractivity contribution in [2.45, 2.75) is 31.6 Å². The zero-order valence-corrected chi connectivity index (χ0v) is 15.2. The highest BCUT2D eigenvalue weighted by atomic mass is 19.1. The van der Waals surface area contributed by atoms with E-state index < -0.39 is 12.2 Å². The van der Waals surface area contributed by atoms with Crippen LogP contribution in [-0.2, 0) is 0 Å². The first-order valence-corrected chi connectivity index (χ1v) is 9.17. The number of halogens is 1. The summed E-state index contributed by atoms with van der Waals surface area (Å²) in [5.74, 6) is 0.820. The molecule has 2 aromatic carbocycles. The summed E-state index contributed by atoms with van der Waals surface area (Å²) < 4.78 is 16.1. The number of rotatable bonds is 3. The lowest BCUT2D eigenvalue weighted by atomic mass is 10.0. The second-order valence-electron chi connectivity index (χ2n) is 7.06. The van der Waals surface area contributed by atoms with Gasteiger partial charge in [-0.25, -0.2) is 14.2 Å². The maximum absolute atomic E-state index is 13.9. The van der Waals surface area contributed by atoms with Gasteiger partial charge in [-0.2, -0.15) is 0 Å². The van der Waals surface area contributed by atoms with Gasteiger partial charge in [-0.3, -0.25) is 0 Å². The molecule has 0 aliphatic carbocycles. The van der Waals surface area contributed by atoms with Gasteiger partial charge in [-0.05, 0) is 31.0 Å². The van der Waals surface area contributed by atoms with E-state index in [1.165, 1.54) is 0 Å². The van der Waals surface area contributed by atoms with Gasteiger partial charge in [0.25, 0.3) is 0 Å². The number of benzene rings is 2. The van der Waals surface area contributed by atoms with Gasteiger partial charge < -0.3 is 15.2 Å². The molecule has 1 saturated heterocycles. The second kappa shape index (κ2) is 7.01. The number of hydrogen-bond acceptors (Lipinski definition) is 3. The summed E-state index contributed by atoms with van der Waals surface area (Å²) in [4.78, 5) is 10.4. The molecular formula is C21H22FN5. The molecular weight excluding hydrogens is 341 g/mol. The van der Waals surface area contributed by atoms with E-state index in [1.807, 2.05) is 42.5 Å². The number of imidazole rings is 1. The van der Waals surface area contributed by atoms with Crippen LogP contribution in [-0.4, -0.2) is 34.9 Å². The Morgan fingerprint density at radius 1 is 1.22 bits per heavy atom. The largest absolute Gasteiger partial charge is 0.340 e. The minimum Gasteiger partial charge on any atom is -0.340 e. The molecule has 6 heteroatoms. The average molecular weight is 363 g/mol. The van der Waals surface area contributed by atoms with Crippen molar-refractivity contribution >= 4 is 22.7 Å². The molecule has 0 bridgehead atoms. The molecule has 2 heterocycles. The molecule has 5 nitrogen and oxygen atoms in total. The number of anilines is 1. The second-order valence-corrected chi connectivity index (χ2v) is 7.06. The van der Waals surface area contributed by atoms with Crippen molar-refractivity contribution in [3.63, 3.8) is 0 Å². The molecule has 0 unspecified atom stereocenters. The molecule has 0 spiro atoms. The maximum atomic E-state index is 13.9. The van der Waals surface area contributed by atoms with Crippen LogP contribution in [0.2, 0.25) is 0 Å². The Morgan fingerprint density at radius 2 is 1.96 bits per heavy atom. The summed E-state index contributed by atoms with van der Waals surface area (Å²) in [7, 11) is 0. The van der Waals surface area contributed by atoms with E-state index in [0.717, 1.165) is 22.5 Å². The number of piperidine rings is 1. The predicted molar refractivity (Wildman–Crippen MR) is 106 cm³/mol. The smallest absolute Gasteiger partial charge is 0.207 e. The van der Waals surface area contributed by atoms with Gasteiger partial charge >= 0.3 is 0 Å². The summed E-state index contributed by atoms with van der Waals surface area (Å²) in [5.41, 5.74) is 9.65. The van der Waals surface area contributed by atoms with Crippen molar-refractivity contribution in [1.29, 1.82) is 0 Å². The van der Waals surface area contributed by atoms with Gasteiger partial charge in [0.1, 0.15) is 6.17 Å². The van der Waals surface area contributed by atoms with Crippen molar-refractivity contribution in [2.24, 2.45) is 5.73 Å². The molecule has 3 atom stereocenters. The summed E-state index contributed by atoms with van der Waals surface area (Å²) in [6.45, 7) is 10.3. The number of nitrogens with zero attached hydrogens (tertiary/aromatic N) is 4. The Labute approximate surface area is 158 Å². The lowest BCUT2D eigenvalue weighted by molar-refractivity contribution is 0.243. The van der Waals surface area contributed by atoms with Crippen molar-refractivity contribution in [2.75, 3.05) is 18.0 Å². The Bertz CT molecular complexity index is 988. The van der Waals surface area contributed by atoms with E-state index in [0.29, 0.717) is 25.2 Å². The first-order valence-electron chi connectivity index (χ1n) is 9.17. The molecule has 4 rings (SSSR count). The zero-order valence-electron chi connectivity index (χ0n) is 15.2. The van der Waals surface area contributed by atoms with Gasteiger partial charge in [-0.1, -0.05) is 36.4 Å². The average Bonchev–Trinajstić information content (AvgIpc) is 3.09. The fourth-order valence-electron chi connectivity index (χ4n) is 3.75. The van der Waals surface area contributed by atoms with Gasteiger partial charge in [0.15, 0.2) is 5.69 Å². The summed E-state index contributed by atoms with van der Waals surface area (Å²) in [5, 5.41) is 0. The molecule has 0 saturated carbocycles. The Balaban J connectivity index is 1.79. The first-order chi connectivity index (χ1) is 13.1. The van der Waals surface area contributed by atoms with Crippen LogP contribution in [0.5, 0.6) is 0 Å². The van der Waals surface area contributed by atoms with E-state index in [2.05, 4.69) is 27.3 Å². The highest BCUT2D eigenvalue weighted by Crippen LogP contribution is 2.32. The molecule has 27 heavy (non-hydrogen) atoms. The summed E-state index contributed by atoms with van der Waals surface area (Å²) in [6, 6.07) is 15.2. The highest BCUT2D eigenvalue weighted by Gasteiger charge is 2.30. The topological polar surface area (TPSA) is 51.4 Å². The van der Waals surface area contributed by atoms with E-state index in [4.69, 9.17) is 17.3 Å². The normalized spacial score (nSPS) is 21.2. The molecule has 0 radical (unpaired) electrons. The SMILES string of the molecule is [C-]#[N+]c1ccc([C@@H](C)n2c(N3CC[C@@H](F)[C@H](N)C3)nc3ccccc32)cc1. The number of alkyl halides is 1. The van der Waals surface area contributed by atoms with Crippen LogP contribution in [0, 0.1) is 6.57 Å². The molecule has 1 aliphatic heterocycles. The number of fused-ring (bicyclic) bond motifs is 1. The molecule has 1 fully saturated rings. The summed E-state index contributed by atoms with van der Waals surface area (Å²) >= 11 is 0. The van der Waals surface area contributed by atoms with Gasteiger partial charge in [-0.15, -0.1) is 0 Å². The van der Waals surface area contributed by atoms with Gasteiger partial charge in [0.05, 0.1) is 29.7 Å². The lowest BCUT2D eigenvalue weighted by Gasteiger charge is -2.35. The van der Waals surface area contributed by atoms with Crippen molar-refractivity contribution < 1.29 is 4.39 Å². The minimum atomic E-state index is -0.960. The van der Waals surface area contributed by atoms with Gasteiger partial charge in [0.2, 0.25) is 5.95 Å². The van der Waals surface area contributed by atoms with Crippen LogP contribution in [0.3, 0.4) is 0 Å². The van der Waals surface area contributed by atoms with E-state index in [9.17, 15) is 4.39 Å². The van der Waals surface area contributed by atoms with E-state index in [1.54, 1.807) is 0 Å². The third kappa shape index (κ3) is 3.15. The highest BCUT2D eigenvalue weighted by molar-refractivity contribution is 5.79. The third-order valence-corrected chi connectivity index (χ3v) is 5.32. The Hall–Kier alpha value is -2.91. The van der Waals surface area contributed by atoms with Crippen LogP contribution >= 0.6 is 0 Å².